The zero-order valence-corrected chi connectivity index (χ0v) is 19.4. The molecule has 2 aromatic heterocycles. The average molecular weight is 498 g/mol. The molecule has 0 radical (unpaired) electrons. The lowest BCUT2D eigenvalue weighted by molar-refractivity contribution is 0.0690. The van der Waals surface area contributed by atoms with E-state index >= 15 is 0 Å². The molecule has 2 heterocycles. The first-order chi connectivity index (χ1) is 16.7. The predicted octanol–water partition coefficient (Wildman–Crippen LogP) is 3.33. The number of oxazole rings is 1. The van der Waals surface area contributed by atoms with Gasteiger partial charge in [0.05, 0.1) is 12.2 Å². The molecule has 0 unspecified atom stereocenters. The van der Waals surface area contributed by atoms with E-state index in [0.29, 0.717) is 16.5 Å². The molecule has 0 saturated heterocycles. The number of carbonyl (C=O) groups is 1. The maximum atomic E-state index is 13.2. The van der Waals surface area contributed by atoms with Crippen molar-refractivity contribution >= 4 is 23.3 Å². The highest BCUT2D eigenvalue weighted by Crippen LogP contribution is 2.23. The number of aromatic carboxylic acids is 1. The van der Waals surface area contributed by atoms with Crippen LogP contribution in [0.2, 0.25) is 5.02 Å². The van der Waals surface area contributed by atoms with Gasteiger partial charge in [0.25, 0.3) is 0 Å². The topological polar surface area (TPSA) is 145 Å². The van der Waals surface area contributed by atoms with Gasteiger partial charge >= 0.3 is 23.4 Å². The Morgan fingerprint density at radius 3 is 2.46 bits per heavy atom. The summed E-state index contributed by atoms with van der Waals surface area (Å²) >= 11 is 5.97. The SMILES string of the molecule is CC(C)n1c(=O)[nH]/c(=N\c2ccc(Oc3nc(C(=O)O)co3)cc2)n(Cc2ccc(Cl)cc2)c1=O. The third kappa shape index (κ3) is 5.41. The van der Waals surface area contributed by atoms with Crippen LogP contribution in [0.5, 0.6) is 11.8 Å². The maximum absolute atomic E-state index is 13.2. The molecule has 0 aliphatic carbocycles. The highest BCUT2D eigenvalue weighted by atomic mass is 35.5. The second-order valence-electron chi connectivity index (χ2n) is 7.72. The van der Waals surface area contributed by atoms with Gasteiger partial charge in [-0.1, -0.05) is 23.7 Å². The standard InChI is InChI=1S/C23H20ClN5O6/c1-13(2)29-21(32)27-20(28(23(29)33)11-14-3-5-15(24)6-4-14)25-16-7-9-17(10-8-16)35-22-26-18(12-34-22)19(30)31/h3-10,12-13H,11H2,1-2H3,(H,30,31)(H,25,27,32). The summed E-state index contributed by atoms with van der Waals surface area (Å²) in [5.74, 6) is -0.918. The van der Waals surface area contributed by atoms with Crippen LogP contribution in [-0.4, -0.2) is 30.2 Å². The number of hydrogen-bond acceptors (Lipinski definition) is 7. The zero-order valence-electron chi connectivity index (χ0n) is 18.6. The zero-order chi connectivity index (χ0) is 25.1. The van der Waals surface area contributed by atoms with Crippen LogP contribution in [0.3, 0.4) is 0 Å². The first kappa shape index (κ1) is 23.8. The fraction of sp³-hybridized carbons (Fsp3) is 0.174. The van der Waals surface area contributed by atoms with Crippen molar-refractivity contribution in [2.24, 2.45) is 4.99 Å². The number of carboxylic acid groups (broad SMARTS) is 1. The van der Waals surface area contributed by atoms with Crippen molar-refractivity contribution in [3.05, 3.63) is 97.7 Å². The first-order valence-corrected chi connectivity index (χ1v) is 10.8. The van der Waals surface area contributed by atoms with Crippen molar-refractivity contribution in [2.45, 2.75) is 26.4 Å². The number of halogens is 1. The van der Waals surface area contributed by atoms with Gasteiger partial charge in [0, 0.05) is 11.1 Å². The minimum atomic E-state index is -1.24. The van der Waals surface area contributed by atoms with Crippen LogP contribution in [0.25, 0.3) is 0 Å². The molecule has 180 valence electrons. The van der Waals surface area contributed by atoms with E-state index < -0.39 is 17.3 Å². The van der Waals surface area contributed by atoms with E-state index in [1.807, 2.05) is 0 Å². The van der Waals surface area contributed by atoms with Gasteiger partial charge in [-0.2, -0.15) is 4.98 Å². The molecule has 12 heteroatoms. The van der Waals surface area contributed by atoms with E-state index in [2.05, 4.69) is 15.0 Å². The molecule has 35 heavy (non-hydrogen) atoms. The summed E-state index contributed by atoms with van der Waals surface area (Å²) in [5, 5.41) is 9.47. The Kier molecular flexibility index (Phi) is 6.69. The van der Waals surface area contributed by atoms with Crippen molar-refractivity contribution in [1.82, 2.24) is 19.1 Å². The minimum Gasteiger partial charge on any atom is -0.476 e. The van der Waals surface area contributed by atoms with E-state index in [4.69, 9.17) is 25.9 Å². The van der Waals surface area contributed by atoms with Crippen LogP contribution in [-0.2, 0) is 6.54 Å². The van der Waals surface area contributed by atoms with Gasteiger partial charge < -0.3 is 14.3 Å². The molecule has 0 aliphatic heterocycles. The number of aromatic amines is 1. The summed E-state index contributed by atoms with van der Waals surface area (Å²) in [6.45, 7) is 3.65. The van der Waals surface area contributed by atoms with Crippen molar-refractivity contribution < 1.29 is 19.1 Å². The summed E-state index contributed by atoms with van der Waals surface area (Å²) in [7, 11) is 0. The lowest BCUT2D eigenvalue weighted by Gasteiger charge is -2.13. The second kappa shape index (κ2) is 9.85. The number of nitrogens with zero attached hydrogens (tertiary/aromatic N) is 4. The summed E-state index contributed by atoms with van der Waals surface area (Å²) in [4.78, 5) is 47.5. The molecule has 0 fully saturated rings. The Morgan fingerprint density at radius 2 is 1.86 bits per heavy atom. The van der Waals surface area contributed by atoms with Crippen molar-refractivity contribution in [3.8, 4) is 11.8 Å². The summed E-state index contributed by atoms with van der Waals surface area (Å²) in [6.07, 6.45) is 0.741. The minimum absolute atomic E-state index is 0.0688. The maximum Gasteiger partial charge on any atom is 0.399 e. The Bertz CT molecular complexity index is 1550. The first-order valence-electron chi connectivity index (χ1n) is 10.4. The van der Waals surface area contributed by atoms with Gasteiger partial charge in [-0.15, -0.1) is 0 Å². The summed E-state index contributed by atoms with van der Waals surface area (Å²) in [5.41, 5.74) is -0.0649. The number of nitrogens with one attached hydrogen (secondary N) is 1. The number of benzene rings is 2. The number of hydrogen-bond donors (Lipinski definition) is 2. The Morgan fingerprint density at radius 1 is 1.17 bits per heavy atom. The van der Waals surface area contributed by atoms with Crippen LogP contribution in [0.1, 0.15) is 35.9 Å². The molecule has 4 aromatic rings. The second-order valence-corrected chi connectivity index (χ2v) is 8.16. The van der Waals surface area contributed by atoms with Crippen LogP contribution < -0.4 is 21.7 Å². The molecular formula is C23H20ClN5O6. The van der Waals surface area contributed by atoms with Crippen molar-refractivity contribution in [3.63, 3.8) is 0 Å². The molecule has 11 nitrogen and oxygen atoms in total. The normalized spacial score (nSPS) is 11.7. The Balaban J connectivity index is 1.70. The van der Waals surface area contributed by atoms with E-state index in [-0.39, 0.29) is 30.0 Å². The van der Waals surface area contributed by atoms with Crippen LogP contribution in [0.15, 0.2) is 73.8 Å². The van der Waals surface area contributed by atoms with Crippen molar-refractivity contribution in [2.75, 3.05) is 0 Å². The van der Waals surface area contributed by atoms with E-state index in [1.54, 1.807) is 62.4 Å². The molecule has 0 bridgehead atoms. The van der Waals surface area contributed by atoms with E-state index in [0.717, 1.165) is 16.4 Å². The number of H-pyrrole nitrogens is 1. The van der Waals surface area contributed by atoms with Crippen LogP contribution in [0, 0.1) is 0 Å². The highest BCUT2D eigenvalue weighted by Gasteiger charge is 2.13. The predicted molar refractivity (Wildman–Crippen MR) is 125 cm³/mol. The largest absolute Gasteiger partial charge is 0.476 e. The fourth-order valence-corrected chi connectivity index (χ4v) is 3.33. The lowest BCUT2D eigenvalue weighted by Crippen LogP contribution is -2.50. The van der Waals surface area contributed by atoms with Crippen LogP contribution >= 0.6 is 11.6 Å². The van der Waals surface area contributed by atoms with Gasteiger partial charge in [0.15, 0.2) is 5.69 Å². The smallest absolute Gasteiger partial charge is 0.399 e. The van der Waals surface area contributed by atoms with Gasteiger partial charge in [-0.05, 0) is 55.8 Å². The van der Waals surface area contributed by atoms with Gasteiger partial charge in [0.2, 0.25) is 5.62 Å². The number of ether oxygens (including phenoxy) is 1. The molecule has 0 saturated carbocycles. The molecular weight excluding hydrogens is 478 g/mol. The molecule has 0 atom stereocenters. The Labute approximate surface area is 202 Å². The third-order valence-corrected chi connectivity index (χ3v) is 5.13. The number of rotatable bonds is 7. The summed E-state index contributed by atoms with van der Waals surface area (Å²) in [6, 6.07) is 12.9. The monoisotopic (exact) mass is 497 g/mol. The van der Waals surface area contributed by atoms with Gasteiger partial charge in [0.1, 0.15) is 12.0 Å². The Hall–Kier alpha value is -4.38. The lowest BCUT2D eigenvalue weighted by atomic mass is 10.2. The number of carboxylic acids is 1. The fourth-order valence-electron chi connectivity index (χ4n) is 3.20. The quantitative estimate of drug-likeness (QED) is 0.398. The van der Waals surface area contributed by atoms with Gasteiger partial charge in [-0.25, -0.2) is 23.9 Å². The molecule has 0 amide bonds. The van der Waals surface area contributed by atoms with Gasteiger partial charge in [-0.3, -0.25) is 9.55 Å². The summed E-state index contributed by atoms with van der Waals surface area (Å²) < 4.78 is 12.9. The van der Waals surface area contributed by atoms with E-state index in [9.17, 15) is 14.4 Å². The molecule has 0 spiro atoms. The molecule has 2 aromatic carbocycles. The third-order valence-electron chi connectivity index (χ3n) is 4.88. The van der Waals surface area contributed by atoms with Crippen LogP contribution in [0.4, 0.5) is 5.69 Å². The molecule has 0 aliphatic rings. The number of aromatic nitrogens is 4. The molecule has 2 N–H and O–H groups in total. The average Bonchev–Trinajstić information content (AvgIpc) is 3.27. The van der Waals surface area contributed by atoms with Crippen molar-refractivity contribution in [1.29, 1.82) is 0 Å². The highest BCUT2D eigenvalue weighted by molar-refractivity contribution is 6.30. The molecule has 4 rings (SSSR count). The van der Waals surface area contributed by atoms with E-state index in [1.165, 1.54) is 4.57 Å².